The first-order valence-electron chi connectivity index (χ1n) is 6.49. The highest BCUT2D eigenvalue weighted by molar-refractivity contribution is 5.02. The minimum absolute atomic E-state index is 0.139. The maximum atomic E-state index is 6.01. The van der Waals surface area contributed by atoms with Gasteiger partial charge in [0.05, 0.1) is 11.7 Å². The Morgan fingerprint density at radius 3 is 2.71 bits per heavy atom. The molecular formula is C13H25N3O. The minimum atomic E-state index is 0.139. The molecule has 4 heteroatoms. The molecule has 0 aliphatic rings. The van der Waals surface area contributed by atoms with Crippen LogP contribution in [-0.2, 0) is 11.2 Å². The van der Waals surface area contributed by atoms with E-state index in [0.717, 1.165) is 31.4 Å². The first-order chi connectivity index (χ1) is 8.21. The smallest absolute Gasteiger partial charge is 0.0640 e. The molecule has 1 rings (SSSR count). The standard InChI is InChI=1S/C13H25N3O/c1-4-13(5-2)16-8-6-12(15-16)10-11(14)7-9-17-3/h6,8,11,13H,4-5,7,9-10,14H2,1-3H3. The van der Waals surface area contributed by atoms with Crippen molar-refractivity contribution in [1.29, 1.82) is 0 Å². The Kier molecular flexibility index (Phi) is 6.22. The molecular weight excluding hydrogens is 214 g/mol. The molecule has 4 nitrogen and oxygen atoms in total. The molecule has 1 aromatic rings. The SMILES string of the molecule is CCC(CC)n1ccc(CC(N)CCOC)n1. The molecule has 0 aliphatic heterocycles. The maximum absolute atomic E-state index is 6.01. The average molecular weight is 239 g/mol. The van der Waals surface area contributed by atoms with Crippen molar-refractivity contribution in [1.82, 2.24) is 9.78 Å². The molecule has 98 valence electrons. The predicted molar refractivity (Wildman–Crippen MR) is 70.0 cm³/mol. The van der Waals surface area contributed by atoms with Gasteiger partial charge in [-0.25, -0.2) is 0 Å². The molecule has 0 saturated carbocycles. The number of methoxy groups -OCH3 is 1. The molecule has 0 radical (unpaired) electrons. The van der Waals surface area contributed by atoms with Crippen LogP contribution < -0.4 is 5.73 Å². The molecule has 2 N–H and O–H groups in total. The molecule has 0 fully saturated rings. The van der Waals surface area contributed by atoms with Crippen molar-refractivity contribution in [2.45, 2.75) is 51.6 Å². The monoisotopic (exact) mass is 239 g/mol. The van der Waals surface area contributed by atoms with Crippen molar-refractivity contribution >= 4 is 0 Å². The Morgan fingerprint density at radius 2 is 2.12 bits per heavy atom. The molecule has 0 amide bonds. The number of ether oxygens (including phenoxy) is 1. The van der Waals surface area contributed by atoms with Crippen molar-refractivity contribution in [3.63, 3.8) is 0 Å². The van der Waals surface area contributed by atoms with E-state index in [2.05, 4.69) is 35.9 Å². The van der Waals surface area contributed by atoms with Gasteiger partial charge in [0.2, 0.25) is 0 Å². The van der Waals surface area contributed by atoms with Gasteiger partial charge in [0, 0.05) is 32.4 Å². The van der Waals surface area contributed by atoms with Crippen LogP contribution >= 0.6 is 0 Å². The number of aromatic nitrogens is 2. The maximum Gasteiger partial charge on any atom is 0.0640 e. The highest BCUT2D eigenvalue weighted by Crippen LogP contribution is 2.15. The summed E-state index contributed by atoms with van der Waals surface area (Å²) in [6, 6.07) is 2.73. The van der Waals surface area contributed by atoms with E-state index in [4.69, 9.17) is 10.5 Å². The average Bonchev–Trinajstić information content (AvgIpc) is 2.76. The van der Waals surface area contributed by atoms with Crippen LogP contribution in [-0.4, -0.2) is 29.5 Å². The molecule has 0 aromatic carbocycles. The first kappa shape index (κ1) is 14.2. The lowest BCUT2D eigenvalue weighted by Gasteiger charge is -2.13. The number of nitrogens with two attached hydrogens (primary N) is 1. The van der Waals surface area contributed by atoms with E-state index in [1.807, 2.05) is 0 Å². The molecule has 1 unspecified atom stereocenters. The number of hydrogen-bond acceptors (Lipinski definition) is 3. The van der Waals surface area contributed by atoms with Gasteiger partial charge in [0.15, 0.2) is 0 Å². The van der Waals surface area contributed by atoms with Crippen LogP contribution in [0.4, 0.5) is 0 Å². The number of hydrogen-bond donors (Lipinski definition) is 1. The van der Waals surface area contributed by atoms with E-state index in [0.29, 0.717) is 12.6 Å². The van der Waals surface area contributed by atoms with Gasteiger partial charge in [0.25, 0.3) is 0 Å². The molecule has 17 heavy (non-hydrogen) atoms. The Labute approximate surface area is 104 Å². The molecule has 1 atom stereocenters. The van der Waals surface area contributed by atoms with Gasteiger partial charge >= 0.3 is 0 Å². The molecule has 1 aromatic heterocycles. The summed E-state index contributed by atoms with van der Waals surface area (Å²) < 4.78 is 7.09. The lowest BCUT2D eigenvalue weighted by atomic mass is 10.1. The summed E-state index contributed by atoms with van der Waals surface area (Å²) in [5.74, 6) is 0. The van der Waals surface area contributed by atoms with E-state index >= 15 is 0 Å². The molecule has 0 aliphatic carbocycles. The Hall–Kier alpha value is -0.870. The first-order valence-corrected chi connectivity index (χ1v) is 6.49. The van der Waals surface area contributed by atoms with Crippen molar-refractivity contribution < 1.29 is 4.74 Å². The Balaban J connectivity index is 2.50. The Bertz CT molecular complexity index is 307. The molecule has 0 spiro atoms. The second-order valence-corrected chi connectivity index (χ2v) is 4.50. The van der Waals surface area contributed by atoms with E-state index in [9.17, 15) is 0 Å². The molecule has 0 saturated heterocycles. The summed E-state index contributed by atoms with van der Waals surface area (Å²) in [5, 5.41) is 4.60. The Morgan fingerprint density at radius 1 is 1.41 bits per heavy atom. The summed E-state index contributed by atoms with van der Waals surface area (Å²) in [5.41, 5.74) is 7.10. The fourth-order valence-electron chi connectivity index (χ4n) is 1.99. The third-order valence-electron chi connectivity index (χ3n) is 3.14. The number of rotatable bonds is 8. The third kappa shape index (κ3) is 4.48. The highest BCUT2D eigenvalue weighted by Gasteiger charge is 2.10. The van der Waals surface area contributed by atoms with Crippen molar-refractivity contribution in [3.8, 4) is 0 Å². The quantitative estimate of drug-likeness (QED) is 0.756. The van der Waals surface area contributed by atoms with Gasteiger partial charge in [-0.2, -0.15) is 5.10 Å². The lowest BCUT2D eigenvalue weighted by molar-refractivity contribution is 0.187. The van der Waals surface area contributed by atoms with Gasteiger partial charge in [-0.3, -0.25) is 4.68 Å². The third-order valence-corrected chi connectivity index (χ3v) is 3.14. The van der Waals surface area contributed by atoms with Crippen LogP contribution in [0.15, 0.2) is 12.3 Å². The zero-order chi connectivity index (χ0) is 12.7. The fraction of sp³-hybridized carbons (Fsp3) is 0.769. The van der Waals surface area contributed by atoms with Crippen LogP contribution in [0.5, 0.6) is 0 Å². The predicted octanol–water partition coefficient (Wildman–Crippen LogP) is 2.15. The van der Waals surface area contributed by atoms with Gasteiger partial charge in [-0.15, -0.1) is 0 Å². The highest BCUT2D eigenvalue weighted by atomic mass is 16.5. The summed E-state index contributed by atoms with van der Waals surface area (Å²) in [6.07, 6.45) is 6.02. The van der Waals surface area contributed by atoms with Crippen molar-refractivity contribution in [3.05, 3.63) is 18.0 Å². The van der Waals surface area contributed by atoms with E-state index < -0.39 is 0 Å². The van der Waals surface area contributed by atoms with Gasteiger partial charge < -0.3 is 10.5 Å². The van der Waals surface area contributed by atoms with Crippen molar-refractivity contribution in [2.75, 3.05) is 13.7 Å². The van der Waals surface area contributed by atoms with Gasteiger partial charge in [-0.05, 0) is 25.3 Å². The second kappa shape index (κ2) is 7.45. The number of nitrogens with zero attached hydrogens (tertiary/aromatic N) is 2. The molecule has 1 heterocycles. The van der Waals surface area contributed by atoms with Crippen LogP contribution in [0.1, 0.15) is 44.8 Å². The zero-order valence-electron chi connectivity index (χ0n) is 11.2. The van der Waals surface area contributed by atoms with Gasteiger partial charge in [-0.1, -0.05) is 13.8 Å². The van der Waals surface area contributed by atoms with E-state index in [1.165, 1.54) is 0 Å². The van der Waals surface area contributed by atoms with E-state index in [-0.39, 0.29) is 6.04 Å². The normalized spacial score (nSPS) is 13.2. The summed E-state index contributed by atoms with van der Waals surface area (Å²) in [7, 11) is 1.70. The van der Waals surface area contributed by atoms with E-state index in [1.54, 1.807) is 7.11 Å². The van der Waals surface area contributed by atoms with Crippen LogP contribution in [0.25, 0.3) is 0 Å². The second-order valence-electron chi connectivity index (χ2n) is 4.50. The van der Waals surface area contributed by atoms with Crippen LogP contribution in [0, 0.1) is 0 Å². The zero-order valence-corrected chi connectivity index (χ0v) is 11.2. The lowest BCUT2D eigenvalue weighted by Crippen LogP contribution is -2.24. The van der Waals surface area contributed by atoms with Crippen LogP contribution in [0.3, 0.4) is 0 Å². The fourth-order valence-corrected chi connectivity index (χ4v) is 1.99. The summed E-state index contributed by atoms with van der Waals surface area (Å²) in [4.78, 5) is 0. The van der Waals surface area contributed by atoms with Gasteiger partial charge in [0.1, 0.15) is 0 Å². The largest absolute Gasteiger partial charge is 0.385 e. The molecule has 0 bridgehead atoms. The minimum Gasteiger partial charge on any atom is -0.385 e. The van der Waals surface area contributed by atoms with Crippen LogP contribution in [0.2, 0.25) is 0 Å². The summed E-state index contributed by atoms with van der Waals surface area (Å²) in [6.45, 7) is 5.11. The topological polar surface area (TPSA) is 53.1 Å². The van der Waals surface area contributed by atoms with Crippen molar-refractivity contribution in [2.24, 2.45) is 5.73 Å². The summed E-state index contributed by atoms with van der Waals surface area (Å²) >= 11 is 0.